The first-order valence-electron chi connectivity index (χ1n) is 9.51. The van der Waals surface area contributed by atoms with Crippen molar-refractivity contribution < 1.29 is 9.53 Å². The molecule has 8 heteroatoms. The Morgan fingerprint density at radius 2 is 2.00 bits per heavy atom. The molecule has 3 rings (SSSR count). The monoisotopic (exact) mass is 473 g/mol. The highest BCUT2D eigenvalue weighted by Crippen LogP contribution is 2.51. The maximum absolute atomic E-state index is 12.5. The molecule has 5 nitrogen and oxygen atoms in total. The molecule has 0 saturated heterocycles. The van der Waals surface area contributed by atoms with E-state index in [1.807, 2.05) is 44.2 Å². The lowest BCUT2D eigenvalue weighted by Gasteiger charge is -2.37. The van der Waals surface area contributed by atoms with Gasteiger partial charge in [0.25, 0.3) is 0 Å². The number of hydrogen-bond donors (Lipinski definition) is 1. The van der Waals surface area contributed by atoms with E-state index in [2.05, 4.69) is 6.07 Å². The maximum atomic E-state index is 12.5. The first-order chi connectivity index (χ1) is 14.8. The molecule has 1 heterocycles. The van der Waals surface area contributed by atoms with Gasteiger partial charge < -0.3 is 10.5 Å². The average Bonchev–Trinajstić information content (AvgIpc) is 2.73. The topological polar surface area (TPSA) is 79.3 Å². The Labute approximate surface area is 196 Å². The summed E-state index contributed by atoms with van der Waals surface area (Å²) in [5.41, 5.74) is 8.94. The van der Waals surface area contributed by atoms with E-state index < -0.39 is 11.9 Å². The van der Waals surface area contributed by atoms with E-state index in [1.165, 1.54) is 16.7 Å². The van der Waals surface area contributed by atoms with Gasteiger partial charge in [-0.15, -0.1) is 11.8 Å². The zero-order valence-corrected chi connectivity index (χ0v) is 19.6. The van der Waals surface area contributed by atoms with E-state index in [9.17, 15) is 10.1 Å². The van der Waals surface area contributed by atoms with Gasteiger partial charge in [-0.1, -0.05) is 54.4 Å². The Bertz CT molecular complexity index is 1140. The number of nitriles is 1. The second-order valence-corrected chi connectivity index (χ2v) is 8.83. The third-order valence-electron chi connectivity index (χ3n) is 5.03. The van der Waals surface area contributed by atoms with Crippen LogP contribution in [0.2, 0.25) is 10.0 Å². The minimum Gasteiger partial charge on any atom is -0.496 e. The van der Waals surface area contributed by atoms with Gasteiger partial charge >= 0.3 is 6.03 Å². The minimum absolute atomic E-state index is 0.390. The molecule has 0 fully saturated rings. The lowest BCUT2D eigenvalue weighted by molar-refractivity contribution is 0.231. The smallest absolute Gasteiger partial charge is 0.324 e. The summed E-state index contributed by atoms with van der Waals surface area (Å²) in [6.45, 7) is 3.76. The van der Waals surface area contributed by atoms with Crippen LogP contribution in [0.3, 0.4) is 0 Å². The minimum atomic E-state index is -0.658. The number of methoxy groups -OCH3 is 1. The van der Waals surface area contributed by atoms with Crippen LogP contribution in [0.15, 0.2) is 58.8 Å². The van der Waals surface area contributed by atoms with Crippen LogP contribution in [0.25, 0.3) is 5.57 Å². The van der Waals surface area contributed by atoms with Crippen molar-refractivity contribution in [2.24, 2.45) is 5.73 Å². The number of hydrogen-bond acceptors (Lipinski definition) is 4. The van der Waals surface area contributed by atoms with E-state index in [0.29, 0.717) is 43.4 Å². The summed E-state index contributed by atoms with van der Waals surface area (Å²) in [6.07, 6.45) is 0. The molecular weight excluding hydrogens is 453 g/mol. The highest BCUT2D eigenvalue weighted by molar-refractivity contribution is 8.03. The Kier molecular flexibility index (Phi) is 7.22. The largest absolute Gasteiger partial charge is 0.496 e. The second kappa shape index (κ2) is 9.69. The molecule has 0 radical (unpaired) electrons. The van der Waals surface area contributed by atoms with E-state index in [1.54, 1.807) is 19.2 Å². The molecule has 2 N–H and O–H groups in total. The number of halogens is 2. The molecule has 2 aromatic carbocycles. The summed E-state index contributed by atoms with van der Waals surface area (Å²) in [7, 11) is 1.58. The number of primary amides is 1. The van der Waals surface area contributed by atoms with Crippen LogP contribution in [0.5, 0.6) is 5.75 Å². The van der Waals surface area contributed by atoms with Gasteiger partial charge in [0.15, 0.2) is 0 Å². The molecule has 0 spiro atoms. The standard InChI is InChI=1S/C23H21Cl2N3O2S/c1-4-31-22-17(12-26)21(15-10-9-14(24)11-18(15)25)20(13(2)28(22)23(27)29)16-7-5-6-8-19(16)30-3/h5-11,21H,4H2,1-3H3,(H2,27,29). The third-order valence-corrected chi connectivity index (χ3v) is 6.56. The number of amides is 2. The first kappa shape index (κ1) is 23.1. The predicted octanol–water partition coefficient (Wildman–Crippen LogP) is 6.40. The number of carbonyl (C=O) groups is 1. The van der Waals surface area contributed by atoms with E-state index in [0.717, 1.165) is 11.1 Å². The maximum Gasteiger partial charge on any atom is 0.324 e. The summed E-state index contributed by atoms with van der Waals surface area (Å²) in [5, 5.41) is 11.6. The van der Waals surface area contributed by atoms with Gasteiger partial charge in [-0.3, -0.25) is 4.90 Å². The van der Waals surface area contributed by atoms with Crippen molar-refractivity contribution in [3.63, 3.8) is 0 Å². The van der Waals surface area contributed by atoms with Crippen molar-refractivity contribution in [1.82, 2.24) is 4.90 Å². The van der Waals surface area contributed by atoms with E-state index in [4.69, 9.17) is 33.7 Å². The average molecular weight is 474 g/mol. The van der Waals surface area contributed by atoms with Gasteiger partial charge in [0.05, 0.1) is 29.7 Å². The van der Waals surface area contributed by atoms with Gasteiger partial charge in [-0.05, 0) is 42.0 Å². The van der Waals surface area contributed by atoms with E-state index >= 15 is 0 Å². The van der Waals surface area contributed by atoms with Crippen molar-refractivity contribution in [3.05, 3.63) is 79.9 Å². The second-order valence-electron chi connectivity index (χ2n) is 6.74. The summed E-state index contributed by atoms with van der Waals surface area (Å²) >= 11 is 14.1. The van der Waals surface area contributed by atoms with Gasteiger partial charge in [-0.25, -0.2) is 4.79 Å². The van der Waals surface area contributed by atoms with Crippen LogP contribution < -0.4 is 10.5 Å². The fourth-order valence-electron chi connectivity index (χ4n) is 3.79. The van der Waals surface area contributed by atoms with Crippen molar-refractivity contribution in [2.75, 3.05) is 12.9 Å². The van der Waals surface area contributed by atoms with Crippen LogP contribution >= 0.6 is 35.0 Å². The van der Waals surface area contributed by atoms with Crippen molar-refractivity contribution >= 4 is 46.6 Å². The molecule has 1 aliphatic heterocycles. The number of benzene rings is 2. The molecule has 0 bridgehead atoms. The lowest BCUT2D eigenvalue weighted by atomic mass is 9.78. The van der Waals surface area contributed by atoms with Crippen molar-refractivity contribution in [2.45, 2.75) is 19.8 Å². The Morgan fingerprint density at radius 3 is 2.58 bits per heavy atom. The van der Waals surface area contributed by atoms with Gasteiger partial charge in [0.2, 0.25) is 0 Å². The van der Waals surface area contributed by atoms with Gasteiger partial charge in [-0.2, -0.15) is 5.26 Å². The normalized spacial score (nSPS) is 16.4. The highest BCUT2D eigenvalue weighted by atomic mass is 35.5. The van der Waals surface area contributed by atoms with Gasteiger partial charge in [0.1, 0.15) is 5.75 Å². The number of thioether (sulfide) groups is 1. The predicted molar refractivity (Wildman–Crippen MR) is 127 cm³/mol. The highest BCUT2D eigenvalue weighted by Gasteiger charge is 2.39. The molecule has 0 aromatic heterocycles. The molecule has 1 atom stereocenters. The fraction of sp³-hybridized carbons (Fsp3) is 0.217. The summed E-state index contributed by atoms with van der Waals surface area (Å²) in [6, 6.07) is 14.3. The number of rotatable bonds is 5. The summed E-state index contributed by atoms with van der Waals surface area (Å²) in [5.74, 6) is 0.735. The van der Waals surface area contributed by atoms with Gasteiger partial charge in [0, 0.05) is 21.3 Å². The Morgan fingerprint density at radius 1 is 1.29 bits per heavy atom. The Hall–Kier alpha value is -2.59. The zero-order valence-electron chi connectivity index (χ0n) is 17.3. The van der Waals surface area contributed by atoms with Crippen molar-refractivity contribution in [3.8, 4) is 11.8 Å². The van der Waals surface area contributed by atoms with Crippen LogP contribution in [0, 0.1) is 11.3 Å². The van der Waals surface area contributed by atoms with Crippen molar-refractivity contribution in [1.29, 1.82) is 5.26 Å². The molecule has 31 heavy (non-hydrogen) atoms. The fourth-order valence-corrected chi connectivity index (χ4v) is 5.26. The third kappa shape index (κ3) is 4.27. The number of carbonyl (C=O) groups excluding carboxylic acids is 1. The molecule has 160 valence electrons. The quantitative estimate of drug-likeness (QED) is 0.544. The number of nitrogens with zero attached hydrogens (tertiary/aromatic N) is 2. The molecule has 2 aromatic rings. The summed E-state index contributed by atoms with van der Waals surface area (Å²) < 4.78 is 5.59. The molecule has 2 amide bonds. The van der Waals surface area contributed by atoms with E-state index in [-0.39, 0.29) is 0 Å². The van der Waals surface area contributed by atoms with Crippen LogP contribution in [0.4, 0.5) is 4.79 Å². The number of para-hydroxylation sites is 1. The molecule has 0 saturated carbocycles. The number of ether oxygens (including phenoxy) is 1. The molecule has 0 aliphatic carbocycles. The lowest BCUT2D eigenvalue weighted by Crippen LogP contribution is -2.37. The zero-order chi connectivity index (χ0) is 22.7. The molecule has 1 aliphatic rings. The summed E-state index contributed by atoms with van der Waals surface area (Å²) in [4.78, 5) is 13.9. The molecule has 1 unspecified atom stereocenters. The number of allylic oxidation sites excluding steroid dienone is 3. The SMILES string of the molecule is CCSC1=C(C#N)C(c2ccc(Cl)cc2Cl)C(c2ccccc2OC)=C(C)N1C(N)=O. The van der Waals surface area contributed by atoms with Crippen LogP contribution in [-0.2, 0) is 0 Å². The molecular formula is C23H21Cl2N3O2S. The van der Waals surface area contributed by atoms with Crippen LogP contribution in [-0.4, -0.2) is 23.8 Å². The number of urea groups is 1. The number of nitrogens with two attached hydrogens (primary N) is 1. The first-order valence-corrected chi connectivity index (χ1v) is 11.3. The van der Waals surface area contributed by atoms with Crippen LogP contribution in [0.1, 0.15) is 30.9 Å². The Balaban J connectivity index is 2.43.